The Bertz CT molecular complexity index is 23.5. The fourth-order valence-electron chi connectivity index (χ4n) is 0.131. The van der Waals surface area contributed by atoms with Gasteiger partial charge in [0.1, 0.15) is 0 Å². The molecule has 0 atom stereocenters. The largest absolute Gasteiger partial charge is 0.325 e. The average Bonchev–Trinajstić information content (AvgIpc) is 1.61. The molecule has 0 radical (unpaired) electrons. The van der Waals surface area contributed by atoms with Gasteiger partial charge in [-0.15, -0.1) is 0 Å². The van der Waals surface area contributed by atoms with Gasteiger partial charge in [-0.3, -0.25) is 4.81 Å². The Morgan fingerprint density at radius 2 is 2.50 bits per heavy atom. The molecule has 0 saturated heterocycles. The lowest BCUT2D eigenvalue weighted by Gasteiger charge is -1.88. The van der Waals surface area contributed by atoms with Crippen LogP contribution in [0.15, 0.2) is 0 Å². The van der Waals surface area contributed by atoms with Crippen molar-refractivity contribution in [2.75, 3.05) is 0 Å². The van der Waals surface area contributed by atoms with Crippen molar-refractivity contribution in [1.29, 1.82) is 0 Å². The molecular formula is C2H8BNO2. The maximum atomic E-state index is 4.49. The quantitative estimate of drug-likeness (QED) is 0.221. The highest BCUT2D eigenvalue weighted by molar-refractivity contribution is 6.26. The van der Waals surface area contributed by atoms with Crippen molar-refractivity contribution in [2.45, 2.75) is 13.2 Å². The monoisotopic (exact) mass is 89.1 g/mol. The molecule has 0 aromatic heterocycles. The van der Waals surface area contributed by atoms with E-state index >= 15 is 0 Å². The second-order valence-corrected chi connectivity index (χ2v) is 0.918. The molecule has 36 valence electrons. The van der Waals surface area contributed by atoms with E-state index in [1.165, 1.54) is 0 Å². The molecule has 0 fully saturated rings. The van der Waals surface area contributed by atoms with E-state index in [4.69, 9.17) is 0 Å². The molecule has 6 heavy (non-hydrogen) atoms. The van der Waals surface area contributed by atoms with Crippen LogP contribution < -0.4 is 5.90 Å². The maximum absolute atomic E-state index is 4.49. The first-order valence-corrected chi connectivity index (χ1v) is 1.90. The lowest BCUT2D eigenvalue weighted by molar-refractivity contribution is -0.213. The van der Waals surface area contributed by atoms with E-state index in [0.717, 1.165) is 6.32 Å². The molecule has 2 N–H and O–H groups in total. The Labute approximate surface area is 37.6 Å². The van der Waals surface area contributed by atoms with Crippen LogP contribution in [0.3, 0.4) is 0 Å². The van der Waals surface area contributed by atoms with Crippen LogP contribution in [0.5, 0.6) is 0 Å². The van der Waals surface area contributed by atoms with Gasteiger partial charge in [-0.25, -0.2) is 0 Å². The van der Waals surface area contributed by atoms with Crippen molar-refractivity contribution in [1.82, 2.24) is 0 Å². The standard InChI is InChI=1S/C2H8BNO2/c1-2-3-5-6-4/h3H,2,4H2,1H3. The van der Waals surface area contributed by atoms with Crippen molar-refractivity contribution in [3.63, 3.8) is 0 Å². The van der Waals surface area contributed by atoms with Crippen LogP contribution in [0.1, 0.15) is 6.92 Å². The third kappa shape index (κ3) is 3.94. The molecule has 0 aromatic carbocycles. The Hall–Kier alpha value is -0.0551. The number of hydrogen-bond donors (Lipinski definition) is 1. The van der Waals surface area contributed by atoms with Gasteiger partial charge in [-0.05, 0) is 0 Å². The molecule has 0 unspecified atom stereocenters. The zero-order valence-corrected chi connectivity index (χ0v) is 3.81. The van der Waals surface area contributed by atoms with Crippen molar-refractivity contribution < 1.29 is 9.79 Å². The van der Waals surface area contributed by atoms with Crippen LogP contribution in [0.4, 0.5) is 0 Å². The average molecular weight is 88.9 g/mol. The molecule has 0 spiro atoms. The normalized spacial score (nSPS) is 8.33. The van der Waals surface area contributed by atoms with E-state index in [0.29, 0.717) is 7.48 Å². The Morgan fingerprint density at radius 1 is 1.83 bits per heavy atom. The SMILES string of the molecule is CCBOON. The maximum Gasteiger partial charge on any atom is 0.325 e. The number of hydrogen-bond acceptors (Lipinski definition) is 3. The summed E-state index contributed by atoms with van der Waals surface area (Å²) in [5.41, 5.74) is 0. The minimum Gasteiger partial charge on any atom is -0.292 e. The van der Waals surface area contributed by atoms with Gasteiger partial charge in [-0.2, -0.15) is 10.9 Å². The third-order valence-corrected chi connectivity index (χ3v) is 0.355. The second kappa shape index (κ2) is 4.94. The summed E-state index contributed by atoms with van der Waals surface area (Å²) in [5, 5.41) is 0. The summed E-state index contributed by atoms with van der Waals surface area (Å²) in [6.07, 6.45) is 0.928. The first-order chi connectivity index (χ1) is 2.91. The Morgan fingerprint density at radius 3 is 2.67 bits per heavy atom. The molecule has 0 saturated carbocycles. The minimum atomic E-state index is 0.566. The zero-order valence-electron chi connectivity index (χ0n) is 3.81. The van der Waals surface area contributed by atoms with Gasteiger partial charge in [0.15, 0.2) is 0 Å². The molecule has 0 aromatic rings. The van der Waals surface area contributed by atoms with E-state index in [9.17, 15) is 0 Å². The molecule has 0 amide bonds. The molecule has 4 heteroatoms. The summed E-state index contributed by atoms with van der Waals surface area (Å²) < 4.78 is 0. The van der Waals surface area contributed by atoms with Crippen LogP contribution >= 0.6 is 0 Å². The number of rotatable bonds is 3. The molecule has 0 heterocycles. The van der Waals surface area contributed by atoms with E-state index in [1.54, 1.807) is 0 Å². The zero-order chi connectivity index (χ0) is 4.83. The second-order valence-electron chi connectivity index (χ2n) is 0.918. The van der Waals surface area contributed by atoms with Gasteiger partial charge in [0.25, 0.3) is 0 Å². The van der Waals surface area contributed by atoms with Crippen molar-refractivity contribution in [3.05, 3.63) is 0 Å². The van der Waals surface area contributed by atoms with Crippen LogP contribution in [-0.4, -0.2) is 7.48 Å². The summed E-state index contributed by atoms with van der Waals surface area (Å²) in [6, 6.07) is 0. The predicted molar refractivity (Wildman–Crippen MR) is 24.0 cm³/mol. The summed E-state index contributed by atoms with van der Waals surface area (Å²) in [7, 11) is 0.566. The van der Waals surface area contributed by atoms with Gasteiger partial charge in [0.05, 0.1) is 0 Å². The smallest absolute Gasteiger partial charge is 0.292 e. The summed E-state index contributed by atoms with van der Waals surface area (Å²) in [4.78, 5) is 8.04. The highest BCUT2D eigenvalue weighted by atomic mass is 17.2. The molecule has 0 rings (SSSR count). The summed E-state index contributed by atoms with van der Waals surface area (Å²) >= 11 is 0. The molecular weight excluding hydrogens is 80.8 g/mol. The fraction of sp³-hybridized carbons (Fsp3) is 1.00. The van der Waals surface area contributed by atoms with Crippen LogP contribution in [0.2, 0.25) is 6.32 Å². The van der Waals surface area contributed by atoms with Gasteiger partial charge in [0, 0.05) is 0 Å². The number of nitrogens with two attached hydrogens (primary N) is 1. The van der Waals surface area contributed by atoms with Crippen LogP contribution in [0.25, 0.3) is 0 Å². The van der Waals surface area contributed by atoms with Crippen LogP contribution in [0, 0.1) is 0 Å². The Kier molecular flexibility index (Phi) is 4.90. The van der Waals surface area contributed by atoms with E-state index in [-0.39, 0.29) is 0 Å². The molecule has 0 bridgehead atoms. The molecule has 0 aliphatic carbocycles. The van der Waals surface area contributed by atoms with E-state index < -0.39 is 0 Å². The lowest BCUT2D eigenvalue weighted by atomic mass is 9.99. The predicted octanol–water partition coefficient (Wildman–Crippen LogP) is -0.402. The fourth-order valence-corrected chi connectivity index (χ4v) is 0.131. The molecule has 0 aliphatic rings. The highest BCUT2D eigenvalue weighted by Gasteiger charge is 1.80. The van der Waals surface area contributed by atoms with Crippen molar-refractivity contribution in [3.8, 4) is 0 Å². The van der Waals surface area contributed by atoms with Gasteiger partial charge in [-0.1, -0.05) is 13.2 Å². The summed E-state index contributed by atoms with van der Waals surface area (Å²) in [6.45, 7) is 1.97. The molecule has 0 aliphatic heterocycles. The van der Waals surface area contributed by atoms with Crippen LogP contribution in [-0.2, 0) is 9.79 Å². The summed E-state index contributed by atoms with van der Waals surface area (Å²) in [5.74, 6) is 4.49. The van der Waals surface area contributed by atoms with Crippen molar-refractivity contribution in [2.24, 2.45) is 5.90 Å². The van der Waals surface area contributed by atoms with Gasteiger partial charge >= 0.3 is 7.48 Å². The first kappa shape index (κ1) is 5.94. The highest BCUT2D eigenvalue weighted by Crippen LogP contribution is 1.72. The first-order valence-electron chi connectivity index (χ1n) is 1.90. The third-order valence-electron chi connectivity index (χ3n) is 0.355. The lowest BCUT2D eigenvalue weighted by Crippen LogP contribution is -2.03. The van der Waals surface area contributed by atoms with Gasteiger partial charge in [0.2, 0.25) is 0 Å². The van der Waals surface area contributed by atoms with E-state index in [1.807, 2.05) is 6.92 Å². The minimum absolute atomic E-state index is 0.566. The molecule has 3 nitrogen and oxygen atoms in total. The van der Waals surface area contributed by atoms with Gasteiger partial charge < -0.3 is 0 Å². The topological polar surface area (TPSA) is 44.5 Å². The van der Waals surface area contributed by atoms with Crippen molar-refractivity contribution >= 4 is 7.48 Å². The van der Waals surface area contributed by atoms with E-state index in [2.05, 4.69) is 15.7 Å². The Balaban J connectivity index is 2.34.